The molecule has 3 N–H and O–H groups in total. The highest BCUT2D eigenvalue weighted by molar-refractivity contribution is 5.95. The maximum absolute atomic E-state index is 11.7. The van der Waals surface area contributed by atoms with Crippen molar-refractivity contribution in [3.05, 3.63) is 58.9 Å². The number of aromatic nitrogens is 1. The maximum atomic E-state index is 11.7. The van der Waals surface area contributed by atoms with Gasteiger partial charge in [-0.25, -0.2) is 5.84 Å². The van der Waals surface area contributed by atoms with Gasteiger partial charge in [-0.05, 0) is 31.5 Å². The molecule has 5 heteroatoms. The molecule has 1 aromatic carbocycles. The summed E-state index contributed by atoms with van der Waals surface area (Å²) in [7, 11) is 0. The number of hydrazine groups is 1. The van der Waals surface area contributed by atoms with E-state index in [0.29, 0.717) is 12.2 Å². The normalized spacial score (nSPS) is 10.2. The summed E-state index contributed by atoms with van der Waals surface area (Å²) in [5.74, 6) is 5.61. The molecular formula is C16H19N3O2. The largest absolute Gasteiger partial charge is 0.487 e. The highest BCUT2D eigenvalue weighted by Crippen LogP contribution is 2.20. The Morgan fingerprint density at radius 2 is 2.05 bits per heavy atom. The van der Waals surface area contributed by atoms with Gasteiger partial charge in [0, 0.05) is 16.8 Å². The number of aryl methyl sites for hydroxylation is 2. The molecule has 5 nitrogen and oxygen atoms in total. The Kier molecular flexibility index (Phi) is 4.90. The molecule has 0 fully saturated rings. The van der Waals surface area contributed by atoms with E-state index in [1.807, 2.05) is 38.1 Å². The molecule has 0 bridgehead atoms. The molecule has 0 aliphatic heterocycles. The van der Waals surface area contributed by atoms with Gasteiger partial charge in [0.2, 0.25) is 0 Å². The third-order valence-corrected chi connectivity index (χ3v) is 3.18. The standard InChI is InChI=1S/C16H19N3O2/c1-3-14-15(9-8-11(2)18-14)21-10-12-6-4-5-7-13(12)16(20)19-17/h4-9H,3,10,17H2,1-2H3,(H,19,20). The van der Waals surface area contributed by atoms with E-state index in [0.717, 1.165) is 29.1 Å². The van der Waals surface area contributed by atoms with Crippen molar-refractivity contribution in [2.75, 3.05) is 0 Å². The van der Waals surface area contributed by atoms with Gasteiger partial charge in [0.05, 0.1) is 5.69 Å². The predicted octanol–water partition coefficient (Wildman–Crippen LogP) is 2.13. The second kappa shape index (κ2) is 6.85. The molecule has 2 rings (SSSR count). The van der Waals surface area contributed by atoms with Crippen LogP contribution in [0.4, 0.5) is 0 Å². The summed E-state index contributed by atoms with van der Waals surface area (Å²) >= 11 is 0. The number of rotatable bonds is 5. The van der Waals surface area contributed by atoms with Crippen molar-refractivity contribution in [1.29, 1.82) is 0 Å². The van der Waals surface area contributed by atoms with E-state index in [9.17, 15) is 4.79 Å². The quantitative estimate of drug-likeness (QED) is 0.501. The first kappa shape index (κ1) is 15.0. The molecular weight excluding hydrogens is 266 g/mol. The molecule has 0 saturated carbocycles. The number of ether oxygens (including phenoxy) is 1. The van der Waals surface area contributed by atoms with E-state index in [1.165, 1.54) is 0 Å². The van der Waals surface area contributed by atoms with Crippen molar-refractivity contribution in [3.63, 3.8) is 0 Å². The Bertz CT molecular complexity index is 641. The molecule has 0 radical (unpaired) electrons. The van der Waals surface area contributed by atoms with Crippen LogP contribution >= 0.6 is 0 Å². The minimum absolute atomic E-state index is 0.293. The summed E-state index contributed by atoms with van der Waals surface area (Å²) in [4.78, 5) is 16.2. The second-order valence-electron chi connectivity index (χ2n) is 4.67. The van der Waals surface area contributed by atoms with Crippen LogP contribution in [-0.4, -0.2) is 10.9 Å². The van der Waals surface area contributed by atoms with Crippen LogP contribution in [0.3, 0.4) is 0 Å². The molecule has 2 aromatic rings. The SMILES string of the molecule is CCc1nc(C)ccc1OCc1ccccc1C(=O)NN. The third kappa shape index (κ3) is 3.58. The lowest BCUT2D eigenvalue weighted by Crippen LogP contribution is -2.30. The number of benzene rings is 1. The summed E-state index contributed by atoms with van der Waals surface area (Å²) < 4.78 is 5.82. The number of nitrogens with one attached hydrogen (secondary N) is 1. The number of nitrogen functional groups attached to an aromatic ring is 1. The van der Waals surface area contributed by atoms with Crippen molar-refractivity contribution in [2.24, 2.45) is 5.84 Å². The van der Waals surface area contributed by atoms with Gasteiger partial charge in [0.25, 0.3) is 5.91 Å². The van der Waals surface area contributed by atoms with Crippen molar-refractivity contribution >= 4 is 5.91 Å². The molecule has 0 aliphatic carbocycles. The van der Waals surface area contributed by atoms with E-state index < -0.39 is 0 Å². The molecule has 0 atom stereocenters. The van der Waals surface area contributed by atoms with Gasteiger partial charge < -0.3 is 4.74 Å². The number of nitrogens with two attached hydrogens (primary N) is 1. The van der Waals surface area contributed by atoms with Gasteiger partial charge in [-0.15, -0.1) is 0 Å². The highest BCUT2D eigenvalue weighted by Gasteiger charge is 2.11. The molecule has 0 spiro atoms. The summed E-state index contributed by atoms with van der Waals surface area (Å²) in [6.45, 7) is 4.27. The Labute approximate surface area is 124 Å². The van der Waals surface area contributed by atoms with E-state index >= 15 is 0 Å². The summed E-state index contributed by atoms with van der Waals surface area (Å²) in [6.07, 6.45) is 0.794. The molecule has 0 aliphatic rings. The van der Waals surface area contributed by atoms with Gasteiger partial charge >= 0.3 is 0 Å². The minimum Gasteiger partial charge on any atom is -0.487 e. The topological polar surface area (TPSA) is 77.2 Å². The van der Waals surface area contributed by atoms with Crippen molar-refractivity contribution < 1.29 is 9.53 Å². The molecule has 1 heterocycles. The van der Waals surface area contributed by atoms with Crippen LogP contribution < -0.4 is 16.0 Å². The predicted molar refractivity (Wildman–Crippen MR) is 80.8 cm³/mol. The Balaban J connectivity index is 2.19. The van der Waals surface area contributed by atoms with Crippen LogP contribution in [0.5, 0.6) is 5.75 Å². The zero-order valence-corrected chi connectivity index (χ0v) is 12.2. The van der Waals surface area contributed by atoms with E-state index in [1.54, 1.807) is 12.1 Å². The lowest BCUT2D eigenvalue weighted by atomic mass is 10.1. The summed E-state index contributed by atoms with van der Waals surface area (Å²) in [5, 5.41) is 0. The van der Waals surface area contributed by atoms with Gasteiger partial charge in [-0.2, -0.15) is 0 Å². The zero-order valence-electron chi connectivity index (χ0n) is 12.2. The van der Waals surface area contributed by atoms with Crippen molar-refractivity contribution in [2.45, 2.75) is 26.9 Å². The first-order valence-corrected chi connectivity index (χ1v) is 6.84. The van der Waals surface area contributed by atoms with Gasteiger partial charge in [0.1, 0.15) is 12.4 Å². The van der Waals surface area contributed by atoms with Crippen LogP contribution in [0.25, 0.3) is 0 Å². The first-order valence-electron chi connectivity index (χ1n) is 6.84. The second-order valence-corrected chi connectivity index (χ2v) is 4.67. The Morgan fingerprint density at radius 3 is 2.76 bits per heavy atom. The highest BCUT2D eigenvalue weighted by atomic mass is 16.5. The van der Waals surface area contributed by atoms with Crippen LogP contribution in [0.15, 0.2) is 36.4 Å². The molecule has 1 amide bonds. The van der Waals surface area contributed by atoms with Crippen LogP contribution in [0, 0.1) is 6.92 Å². The third-order valence-electron chi connectivity index (χ3n) is 3.18. The van der Waals surface area contributed by atoms with Crippen molar-refractivity contribution in [1.82, 2.24) is 10.4 Å². The maximum Gasteiger partial charge on any atom is 0.265 e. The van der Waals surface area contributed by atoms with Gasteiger partial charge in [-0.3, -0.25) is 15.2 Å². The molecule has 21 heavy (non-hydrogen) atoms. The number of carbonyl (C=O) groups is 1. The fraction of sp³-hybridized carbons (Fsp3) is 0.250. The number of carbonyl (C=O) groups excluding carboxylic acids is 1. The van der Waals surface area contributed by atoms with Crippen molar-refractivity contribution in [3.8, 4) is 5.75 Å². The summed E-state index contributed by atoms with van der Waals surface area (Å²) in [5.41, 5.74) is 5.31. The van der Waals surface area contributed by atoms with E-state index in [4.69, 9.17) is 10.6 Å². The Hall–Kier alpha value is -2.40. The number of amides is 1. The molecule has 0 saturated heterocycles. The van der Waals surface area contributed by atoms with Crippen LogP contribution in [-0.2, 0) is 13.0 Å². The number of nitrogens with zero attached hydrogens (tertiary/aromatic N) is 1. The van der Waals surface area contributed by atoms with Gasteiger partial charge in [0.15, 0.2) is 0 Å². The smallest absolute Gasteiger partial charge is 0.265 e. The number of hydrogen-bond acceptors (Lipinski definition) is 4. The lowest BCUT2D eigenvalue weighted by molar-refractivity contribution is 0.0951. The lowest BCUT2D eigenvalue weighted by Gasteiger charge is -2.12. The van der Waals surface area contributed by atoms with Gasteiger partial charge in [-0.1, -0.05) is 25.1 Å². The number of pyridine rings is 1. The zero-order chi connectivity index (χ0) is 15.2. The van der Waals surface area contributed by atoms with E-state index in [-0.39, 0.29) is 5.91 Å². The average molecular weight is 285 g/mol. The number of hydrogen-bond donors (Lipinski definition) is 2. The minimum atomic E-state index is -0.327. The average Bonchev–Trinajstić information content (AvgIpc) is 2.53. The monoisotopic (exact) mass is 285 g/mol. The van der Waals surface area contributed by atoms with Crippen LogP contribution in [0.2, 0.25) is 0 Å². The molecule has 0 unspecified atom stereocenters. The Morgan fingerprint density at radius 1 is 1.29 bits per heavy atom. The first-order chi connectivity index (χ1) is 10.2. The van der Waals surface area contributed by atoms with Crippen LogP contribution in [0.1, 0.15) is 34.2 Å². The molecule has 1 aromatic heterocycles. The van der Waals surface area contributed by atoms with E-state index in [2.05, 4.69) is 10.4 Å². The summed E-state index contributed by atoms with van der Waals surface area (Å²) in [6, 6.07) is 11.0. The fourth-order valence-corrected chi connectivity index (χ4v) is 2.08. The molecule has 110 valence electrons. The fourth-order valence-electron chi connectivity index (χ4n) is 2.08.